The normalized spacial score (nSPS) is 6.00. The molecule has 0 aromatic rings. The summed E-state index contributed by atoms with van der Waals surface area (Å²) in [5, 5.41) is 48.0. The van der Waals surface area contributed by atoms with Crippen molar-refractivity contribution in [3.63, 3.8) is 0 Å². The molecule has 0 aliphatic rings. The van der Waals surface area contributed by atoms with Gasteiger partial charge in [-0.1, -0.05) is 0 Å². The van der Waals surface area contributed by atoms with Crippen molar-refractivity contribution < 1.29 is 35.9 Å². The second-order valence-electron chi connectivity index (χ2n) is 0.615. The molecule has 0 heterocycles. The summed E-state index contributed by atoms with van der Waals surface area (Å²) in [6.45, 7) is 0. The van der Waals surface area contributed by atoms with Gasteiger partial charge in [-0.15, -0.1) is 0 Å². The zero-order valence-electron chi connectivity index (χ0n) is 7.68. The summed E-state index contributed by atoms with van der Waals surface area (Å²) < 4.78 is 0. The van der Waals surface area contributed by atoms with Crippen LogP contribution in [0.2, 0.25) is 0 Å². The predicted molar refractivity (Wildman–Crippen MR) is 27.5 cm³/mol. The zero-order valence-corrected chi connectivity index (χ0v) is 3.68. The van der Waals surface area contributed by atoms with Crippen molar-refractivity contribution in [3.05, 3.63) is 0 Å². The molecule has 0 atom stereocenters. The summed E-state index contributed by atoms with van der Waals surface area (Å²) in [5.74, 6) is 0. The molecule has 0 amide bonds. The monoisotopic (exact) mass is 148 g/mol. The average Bonchev–Trinajstić information content (AvgIpc) is 1.25. The third-order valence-electron chi connectivity index (χ3n) is 0. The maximum atomic E-state index is 8.64. The van der Waals surface area contributed by atoms with Crippen molar-refractivity contribution in [2.75, 3.05) is 0 Å². The van der Waals surface area contributed by atoms with Crippen molar-refractivity contribution in [1.82, 2.24) is 0 Å². The van der Waals surface area contributed by atoms with Gasteiger partial charge in [0, 0.05) is 0 Å². The van der Waals surface area contributed by atoms with Gasteiger partial charge >= 0.3 is 42.6 Å². The summed E-state index contributed by atoms with van der Waals surface area (Å²) in [5.41, 5.74) is 0. The number of rotatable bonds is 0. The van der Waals surface area contributed by atoms with Crippen molar-refractivity contribution in [1.29, 1.82) is 0 Å². The van der Waals surface area contributed by atoms with Crippen molar-refractivity contribution >= 4 is 44.2 Å². The van der Waals surface area contributed by atoms with E-state index in [-0.39, 0.29) is 35.3 Å². The first-order valence-electron chi connectivity index (χ1n) is 1.46. The minimum absolute atomic E-state index is 0. The minimum atomic E-state index is -2.92. The minimum Gasteiger partial charge on any atom is -0.907 e. The van der Waals surface area contributed by atoms with E-state index in [1.54, 1.807) is 0 Å². The van der Waals surface area contributed by atoms with E-state index in [1.807, 2.05) is 0 Å². The Bertz CT molecular complexity index is 38.1. The van der Waals surface area contributed by atoms with Gasteiger partial charge < -0.3 is 30.1 Å². The van der Waals surface area contributed by atoms with Gasteiger partial charge in [-0.05, 0) is 0 Å². The molecule has 0 aliphatic heterocycles. The summed E-state index contributed by atoms with van der Waals surface area (Å²) >= 11 is 0. The van der Waals surface area contributed by atoms with Gasteiger partial charge in [0.2, 0.25) is 0 Å². The standard InChI is InChI=1S/BH2O3.BO3.Na.H/c2*2-1(3)4;;/h2-3H;;;/q-1;-3;;/p+4. The van der Waals surface area contributed by atoms with Crippen molar-refractivity contribution in [2.45, 2.75) is 0 Å². The SMILES string of the molecule is [H+].[H+].[H+].[H+].[NaH].[O-]B(O)O.[O-]B([O-])[O-]. The van der Waals surface area contributed by atoms with Crippen molar-refractivity contribution in [2.24, 2.45) is 0 Å². The molecular formula is H7B2NaO6. The first-order valence-corrected chi connectivity index (χ1v) is 1.46. The predicted octanol–water partition coefficient (Wildman–Crippen LogP) is -6.83. The van der Waals surface area contributed by atoms with Gasteiger partial charge in [-0.3, -0.25) is 7.32 Å². The van der Waals surface area contributed by atoms with Crippen LogP contribution in [0.5, 0.6) is 0 Å². The fraction of sp³-hybridized carbons (Fsp3) is 0. The molecule has 9 heavy (non-hydrogen) atoms. The summed E-state index contributed by atoms with van der Waals surface area (Å²) in [7, 11) is -5.33. The van der Waals surface area contributed by atoms with Crippen LogP contribution < -0.4 is 20.1 Å². The van der Waals surface area contributed by atoms with E-state index < -0.39 is 14.6 Å². The van der Waals surface area contributed by atoms with E-state index in [4.69, 9.17) is 30.1 Å². The maximum absolute atomic E-state index is 8.64. The zero-order chi connectivity index (χ0) is 7.15. The fourth-order valence-electron chi connectivity index (χ4n) is 0. The molecule has 9 heteroatoms. The molecule has 0 bridgehead atoms. The van der Waals surface area contributed by atoms with Crippen molar-refractivity contribution in [3.8, 4) is 0 Å². The second kappa shape index (κ2) is 11.7. The fourth-order valence-corrected chi connectivity index (χ4v) is 0. The molecule has 0 spiro atoms. The van der Waals surface area contributed by atoms with Crippen LogP contribution in [0.25, 0.3) is 0 Å². The Balaban J connectivity index is -0.00000000800. The molecule has 0 aromatic heterocycles. The Morgan fingerprint density at radius 3 is 1.00 bits per heavy atom. The first kappa shape index (κ1) is 16.5. The van der Waals surface area contributed by atoms with Crippen LogP contribution in [0.3, 0.4) is 0 Å². The summed E-state index contributed by atoms with van der Waals surface area (Å²) in [4.78, 5) is 0. The molecule has 0 rings (SSSR count). The molecule has 6 nitrogen and oxygen atoms in total. The van der Waals surface area contributed by atoms with Crippen LogP contribution in [0.1, 0.15) is 5.71 Å². The topological polar surface area (TPSA) is 133 Å². The van der Waals surface area contributed by atoms with Crippen LogP contribution in [-0.2, 0) is 0 Å². The average molecular weight is 148 g/mol. The van der Waals surface area contributed by atoms with E-state index in [9.17, 15) is 0 Å². The number of hydrogen-bond donors (Lipinski definition) is 2. The van der Waals surface area contributed by atoms with Crippen LogP contribution in [0.4, 0.5) is 0 Å². The Morgan fingerprint density at radius 1 is 1.00 bits per heavy atom. The van der Waals surface area contributed by atoms with Crippen LogP contribution in [0, 0.1) is 0 Å². The Hall–Kier alpha value is 0.890. The Kier molecular flexibility index (Phi) is 21.3. The van der Waals surface area contributed by atoms with E-state index >= 15 is 0 Å². The molecule has 0 fully saturated rings. The second-order valence-corrected chi connectivity index (χ2v) is 0.615. The first-order chi connectivity index (χ1) is 3.46. The van der Waals surface area contributed by atoms with Crippen LogP contribution in [0.15, 0.2) is 0 Å². The van der Waals surface area contributed by atoms with E-state index in [2.05, 4.69) is 0 Å². The Labute approximate surface area is 80.4 Å². The molecule has 0 unspecified atom stereocenters. The van der Waals surface area contributed by atoms with Gasteiger partial charge in [0.05, 0.1) is 0 Å². The quantitative estimate of drug-likeness (QED) is 0.327. The molecular weight excluding hydrogens is 141 g/mol. The van der Waals surface area contributed by atoms with Gasteiger partial charge in [0.1, 0.15) is 0 Å². The van der Waals surface area contributed by atoms with Crippen LogP contribution >= 0.6 is 0 Å². The third-order valence-corrected chi connectivity index (χ3v) is 0. The maximum Gasteiger partial charge on any atom is 0.339 e. The molecule has 0 saturated heterocycles. The molecule has 2 N–H and O–H groups in total. The molecule has 0 aliphatic carbocycles. The molecule has 50 valence electrons. The molecule has 0 aromatic carbocycles. The number of hydrogen-bond acceptors (Lipinski definition) is 6. The van der Waals surface area contributed by atoms with Gasteiger partial charge in [0.25, 0.3) is 0 Å². The Morgan fingerprint density at radius 2 is 1.00 bits per heavy atom. The molecule has 0 radical (unpaired) electrons. The molecule has 0 saturated carbocycles. The van der Waals surface area contributed by atoms with E-state index in [0.717, 1.165) is 0 Å². The van der Waals surface area contributed by atoms with E-state index in [0.29, 0.717) is 0 Å². The van der Waals surface area contributed by atoms with Gasteiger partial charge in [0.15, 0.2) is 0 Å². The van der Waals surface area contributed by atoms with Gasteiger partial charge in [-0.25, -0.2) is 0 Å². The summed E-state index contributed by atoms with van der Waals surface area (Å²) in [6, 6.07) is 0. The largest absolute Gasteiger partial charge is 0.907 e. The van der Waals surface area contributed by atoms with Gasteiger partial charge in [-0.2, -0.15) is 0 Å². The summed E-state index contributed by atoms with van der Waals surface area (Å²) in [6.07, 6.45) is 0. The third kappa shape index (κ3) is 533. The smallest absolute Gasteiger partial charge is 0.339 e. The van der Waals surface area contributed by atoms with Crippen LogP contribution in [-0.4, -0.2) is 54.2 Å². The van der Waals surface area contributed by atoms with E-state index in [1.165, 1.54) is 0 Å².